The van der Waals surface area contributed by atoms with Crippen molar-refractivity contribution in [2.45, 2.75) is 38.7 Å². The van der Waals surface area contributed by atoms with Gasteiger partial charge < -0.3 is 24.6 Å². The van der Waals surface area contributed by atoms with Crippen LogP contribution < -0.4 is 10.6 Å². The zero-order valence-corrected chi connectivity index (χ0v) is 26.9. The SMILES string of the molecule is CC(C)(O)c1ccccc1Nc1cccc2c1oc1ccccc12.CC1(C)c2ccccc2Nc2c1ccc1c2oc2ccccc21. The van der Waals surface area contributed by atoms with Crippen molar-refractivity contribution in [2.75, 3.05) is 10.6 Å². The average Bonchev–Trinajstić information content (AvgIpc) is 3.65. The summed E-state index contributed by atoms with van der Waals surface area (Å²) < 4.78 is 12.3. The smallest absolute Gasteiger partial charge is 0.159 e. The first kappa shape index (κ1) is 28.9. The Labute approximate surface area is 273 Å². The lowest BCUT2D eigenvalue weighted by molar-refractivity contribution is 0.0794. The Morgan fingerprint density at radius 2 is 1.15 bits per heavy atom. The quantitative estimate of drug-likeness (QED) is 0.184. The van der Waals surface area contributed by atoms with Gasteiger partial charge in [0, 0.05) is 43.9 Å². The van der Waals surface area contributed by atoms with Gasteiger partial charge in [0.15, 0.2) is 11.2 Å². The van der Waals surface area contributed by atoms with Crippen LogP contribution in [0, 0.1) is 0 Å². The average molecular weight is 617 g/mol. The van der Waals surface area contributed by atoms with Crippen molar-refractivity contribution in [1.29, 1.82) is 0 Å². The number of hydrogen-bond donors (Lipinski definition) is 3. The Kier molecular flexibility index (Phi) is 6.64. The molecule has 0 spiro atoms. The van der Waals surface area contributed by atoms with Gasteiger partial charge in [-0.1, -0.05) is 111 Å². The number of furan rings is 2. The van der Waals surface area contributed by atoms with Crippen LogP contribution in [0.3, 0.4) is 0 Å². The van der Waals surface area contributed by atoms with Gasteiger partial charge >= 0.3 is 0 Å². The van der Waals surface area contributed by atoms with E-state index in [1.807, 2.05) is 66.7 Å². The van der Waals surface area contributed by atoms with Gasteiger partial charge in [0.05, 0.1) is 17.0 Å². The second-order valence-corrected chi connectivity index (χ2v) is 13.3. The van der Waals surface area contributed by atoms with E-state index in [2.05, 4.69) is 85.1 Å². The van der Waals surface area contributed by atoms with Crippen LogP contribution >= 0.6 is 0 Å². The van der Waals surface area contributed by atoms with Gasteiger partial charge in [-0.25, -0.2) is 0 Å². The highest BCUT2D eigenvalue weighted by atomic mass is 16.3. The second kappa shape index (κ2) is 10.8. The molecule has 8 aromatic rings. The van der Waals surface area contributed by atoms with Crippen molar-refractivity contribution < 1.29 is 13.9 Å². The minimum atomic E-state index is -0.925. The summed E-state index contributed by atoms with van der Waals surface area (Å²) in [6, 6.07) is 43.1. The number of benzene rings is 6. The van der Waals surface area contributed by atoms with E-state index in [0.29, 0.717) is 0 Å². The molecule has 0 unspecified atom stereocenters. The van der Waals surface area contributed by atoms with Crippen LogP contribution in [-0.2, 0) is 11.0 Å². The van der Waals surface area contributed by atoms with Crippen LogP contribution in [0.1, 0.15) is 44.4 Å². The van der Waals surface area contributed by atoms with E-state index >= 15 is 0 Å². The number of para-hydroxylation sites is 5. The number of hydrogen-bond acceptors (Lipinski definition) is 5. The van der Waals surface area contributed by atoms with E-state index in [1.54, 1.807) is 13.8 Å². The Hall–Kier alpha value is -5.52. The molecule has 2 aromatic heterocycles. The Morgan fingerprint density at radius 1 is 0.574 bits per heavy atom. The van der Waals surface area contributed by atoms with Crippen LogP contribution in [0.5, 0.6) is 0 Å². The van der Waals surface area contributed by atoms with E-state index < -0.39 is 5.60 Å². The molecule has 0 bridgehead atoms. The standard InChI is InChI=1S/C21H19NO2.C21H17NO/c1-21(2,23)16-10-4-5-11-17(16)22-18-12-7-9-15-14-8-3-6-13-19(14)24-20(15)18;1-21(2)15-8-4-5-9-17(15)22-19-16(21)12-11-14-13-7-3-6-10-18(13)23-20(14)19/h3-13,22-23H,1-2H3;3-12,22H,1-2H3. The summed E-state index contributed by atoms with van der Waals surface area (Å²) in [7, 11) is 0. The summed E-state index contributed by atoms with van der Waals surface area (Å²) in [6.07, 6.45) is 0. The highest BCUT2D eigenvalue weighted by molar-refractivity contribution is 6.11. The third-order valence-corrected chi connectivity index (χ3v) is 9.34. The molecule has 0 fully saturated rings. The van der Waals surface area contributed by atoms with Gasteiger partial charge in [-0.2, -0.15) is 0 Å². The first-order valence-electron chi connectivity index (χ1n) is 16.0. The molecule has 0 amide bonds. The summed E-state index contributed by atoms with van der Waals surface area (Å²) in [6.45, 7) is 8.13. The largest absolute Gasteiger partial charge is 0.454 e. The molecule has 232 valence electrons. The monoisotopic (exact) mass is 616 g/mol. The van der Waals surface area contributed by atoms with Gasteiger partial charge in [-0.3, -0.25) is 0 Å². The predicted molar refractivity (Wildman–Crippen MR) is 194 cm³/mol. The highest BCUT2D eigenvalue weighted by Crippen LogP contribution is 2.49. The normalized spacial score (nSPS) is 13.6. The molecule has 0 saturated carbocycles. The molecule has 0 saturated heterocycles. The minimum absolute atomic E-state index is 0.0512. The molecule has 1 aliphatic heterocycles. The van der Waals surface area contributed by atoms with Gasteiger partial charge in [-0.15, -0.1) is 0 Å². The van der Waals surface area contributed by atoms with Crippen LogP contribution in [0.15, 0.2) is 136 Å². The fourth-order valence-electron chi connectivity index (χ4n) is 6.97. The molecule has 5 heteroatoms. The maximum Gasteiger partial charge on any atom is 0.159 e. The Bertz CT molecular complexity index is 2440. The second-order valence-electron chi connectivity index (χ2n) is 13.3. The molecule has 5 nitrogen and oxygen atoms in total. The Balaban J connectivity index is 0.000000138. The lowest BCUT2D eigenvalue weighted by Gasteiger charge is -2.35. The molecule has 47 heavy (non-hydrogen) atoms. The molecular weight excluding hydrogens is 580 g/mol. The number of anilines is 4. The summed E-state index contributed by atoms with van der Waals surface area (Å²) in [5, 5.41) is 22.0. The summed E-state index contributed by atoms with van der Waals surface area (Å²) in [5.74, 6) is 0. The fourth-order valence-corrected chi connectivity index (χ4v) is 6.97. The van der Waals surface area contributed by atoms with Gasteiger partial charge in [0.25, 0.3) is 0 Å². The third kappa shape index (κ3) is 4.82. The first-order chi connectivity index (χ1) is 22.7. The molecule has 0 aliphatic carbocycles. The maximum atomic E-state index is 10.4. The van der Waals surface area contributed by atoms with Crippen LogP contribution in [-0.4, -0.2) is 5.11 Å². The summed E-state index contributed by atoms with van der Waals surface area (Å²) in [5.41, 5.74) is 10.1. The van der Waals surface area contributed by atoms with Crippen molar-refractivity contribution in [3.63, 3.8) is 0 Å². The number of fused-ring (bicyclic) bond motifs is 9. The van der Waals surface area contributed by atoms with Crippen molar-refractivity contribution in [3.05, 3.63) is 144 Å². The van der Waals surface area contributed by atoms with Crippen molar-refractivity contribution in [3.8, 4) is 0 Å². The molecular formula is C42H36N2O3. The summed E-state index contributed by atoms with van der Waals surface area (Å²) >= 11 is 0. The summed E-state index contributed by atoms with van der Waals surface area (Å²) in [4.78, 5) is 0. The predicted octanol–water partition coefficient (Wildman–Crippen LogP) is 11.5. The van der Waals surface area contributed by atoms with E-state index in [0.717, 1.165) is 61.4 Å². The minimum Gasteiger partial charge on any atom is -0.454 e. The number of rotatable bonds is 3. The molecule has 9 rings (SSSR count). The zero-order chi connectivity index (χ0) is 32.3. The lowest BCUT2D eigenvalue weighted by Crippen LogP contribution is -2.25. The lowest BCUT2D eigenvalue weighted by atomic mass is 9.74. The molecule has 1 aliphatic rings. The van der Waals surface area contributed by atoms with Crippen LogP contribution in [0.4, 0.5) is 22.7 Å². The van der Waals surface area contributed by atoms with Crippen LogP contribution in [0.25, 0.3) is 43.9 Å². The van der Waals surface area contributed by atoms with Crippen molar-refractivity contribution in [1.82, 2.24) is 0 Å². The van der Waals surface area contributed by atoms with Crippen molar-refractivity contribution in [2.24, 2.45) is 0 Å². The van der Waals surface area contributed by atoms with E-state index in [9.17, 15) is 5.11 Å². The topological polar surface area (TPSA) is 70.6 Å². The number of nitrogens with one attached hydrogen (secondary N) is 2. The molecule has 0 atom stereocenters. The van der Waals surface area contributed by atoms with E-state index in [1.165, 1.54) is 21.9 Å². The van der Waals surface area contributed by atoms with Crippen LogP contribution in [0.2, 0.25) is 0 Å². The highest BCUT2D eigenvalue weighted by Gasteiger charge is 2.34. The van der Waals surface area contributed by atoms with E-state index in [4.69, 9.17) is 8.83 Å². The van der Waals surface area contributed by atoms with Gasteiger partial charge in [0.1, 0.15) is 11.2 Å². The first-order valence-corrected chi connectivity index (χ1v) is 16.0. The van der Waals surface area contributed by atoms with Gasteiger partial charge in [0.2, 0.25) is 0 Å². The number of aliphatic hydroxyl groups is 1. The van der Waals surface area contributed by atoms with Gasteiger partial charge in [-0.05, 0) is 55.3 Å². The molecule has 3 heterocycles. The van der Waals surface area contributed by atoms with E-state index in [-0.39, 0.29) is 5.41 Å². The molecule has 0 radical (unpaired) electrons. The maximum absolute atomic E-state index is 10.4. The molecule has 3 N–H and O–H groups in total. The molecule has 6 aromatic carbocycles. The Morgan fingerprint density at radius 3 is 1.89 bits per heavy atom. The fraction of sp³-hybridized carbons (Fsp3) is 0.143. The van der Waals surface area contributed by atoms with Crippen molar-refractivity contribution >= 4 is 66.6 Å². The zero-order valence-electron chi connectivity index (χ0n) is 26.9. The third-order valence-electron chi connectivity index (χ3n) is 9.34.